The molecule has 0 radical (unpaired) electrons. The van der Waals surface area contributed by atoms with Crippen molar-refractivity contribution in [1.82, 2.24) is 19.8 Å². The standard InChI is InChI=1S/C15H23N5O/c1-4-7-20(10-15(21)19(2)3)9-14-17-12-6-5-11(16)8-13(12)18-14/h5-6,8H,4,7,9-10,16H2,1-3H3,(H,17,18). The molecule has 0 saturated carbocycles. The van der Waals surface area contributed by atoms with E-state index in [9.17, 15) is 4.79 Å². The van der Waals surface area contributed by atoms with Gasteiger partial charge in [-0.3, -0.25) is 9.69 Å². The maximum absolute atomic E-state index is 11.9. The molecule has 6 nitrogen and oxygen atoms in total. The average molecular weight is 289 g/mol. The molecular weight excluding hydrogens is 266 g/mol. The van der Waals surface area contributed by atoms with E-state index in [2.05, 4.69) is 21.8 Å². The molecule has 2 rings (SSSR count). The Hall–Kier alpha value is -2.08. The minimum absolute atomic E-state index is 0.101. The molecule has 0 aliphatic carbocycles. The summed E-state index contributed by atoms with van der Waals surface area (Å²) in [5, 5.41) is 0. The summed E-state index contributed by atoms with van der Waals surface area (Å²) in [5.41, 5.74) is 8.32. The van der Waals surface area contributed by atoms with Crippen molar-refractivity contribution in [3.05, 3.63) is 24.0 Å². The Kier molecular flexibility index (Phi) is 4.80. The summed E-state index contributed by atoms with van der Waals surface area (Å²) >= 11 is 0. The summed E-state index contributed by atoms with van der Waals surface area (Å²) in [6.07, 6.45) is 0.994. The van der Waals surface area contributed by atoms with Crippen LogP contribution in [0.4, 0.5) is 5.69 Å². The summed E-state index contributed by atoms with van der Waals surface area (Å²) in [5.74, 6) is 0.958. The smallest absolute Gasteiger partial charge is 0.236 e. The number of anilines is 1. The molecule has 1 aromatic heterocycles. The SMILES string of the molecule is CCCN(CC(=O)N(C)C)Cc1nc2ccc(N)cc2[nH]1. The summed E-state index contributed by atoms with van der Waals surface area (Å²) in [6, 6.07) is 5.62. The van der Waals surface area contributed by atoms with Crippen LogP contribution in [0.15, 0.2) is 18.2 Å². The number of likely N-dealkylation sites (N-methyl/N-ethyl adjacent to an activating group) is 1. The first-order valence-electron chi connectivity index (χ1n) is 7.16. The first kappa shape index (κ1) is 15.3. The van der Waals surface area contributed by atoms with Gasteiger partial charge in [0.15, 0.2) is 0 Å². The molecule has 1 aromatic carbocycles. The number of fused-ring (bicyclic) bond motifs is 1. The van der Waals surface area contributed by atoms with E-state index < -0.39 is 0 Å². The number of hydrogen-bond acceptors (Lipinski definition) is 4. The van der Waals surface area contributed by atoms with E-state index in [1.54, 1.807) is 19.0 Å². The lowest BCUT2D eigenvalue weighted by Crippen LogP contribution is -2.36. The minimum atomic E-state index is 0.101. The summed E-state index contributed by atoms with van der Waals surface area (Å²) in [7, 11) is 3.55. The van der Waals surface area contributed by atoms with Crippen LogP contribution in [-0.2, 0) is 11.3 Å². The van der Waals surface area contributed by atoms with Gasteiger partial charge in [-0.15, -0.1) is 0 Å². The molecule has 0 aliphatic rings. The minimum Gasteiger partial charge on any atom is -0.399 e. The van der Waals surface area contributed by atoms with Gasteiger partial charge < -0.3 is 15.6 Å². The van der Waals surface area contributed by atoms with Crippen molar-refractivity contribution >= 4 is 22.6 Å². The number of rotatable bonds is 6. The highest BCUT2D eigenvalue weighted by atomic mass is 16.2. The zero-order valence-corrected chi connectivity index (χ0v) is 12.9. The molecular formula is C15H23N5O. The van der Waals surface area contributed by atoms with E-state index in [1.807, 2.05) is 18.2 Å². The van der Waals surface area contributed by atoms with Crippen LogP contribution in [-0.4, -0.2) is 52.9 Å². The molecule has 0 fully saturated rings. The predicted octanol–water partition coefficient (Wildman–Crippen LogP) is 1.45. The van der Waals surface area contributed by atoms with Crippen LogP contribution in [0.5, 0.6) is 0 Å². The Morgan fingerprint density at radius 3 is 2.81 bits per heavy atom. The number of nitrogens with two attached hydrogens (primary N) is 1. The van der Waals surface area contributed by atoms with Gasteiger partial charge in [-0.2, -0.15) is 0 Å². The van der Waals surface area contributed by atoms with Crippen molar-refractivity contribution in [2.75, 3.05) is 32.9 Å². The molecule has 2 aromatic rings. The van der Waals surface area contributed by atoms with E-state index in [0.29, 0.717) is 18.8 Å². The number of carbonyl (C=O) groups is 1. The van der Waals surface area contributed by atoms with Crippen molar-refractivity contribution in [1.29, 1.82) is 0 Å². The number of nitrogens with zero attached hydrogens (tertiary/aromatic N) is 3. The Morgan fingerprint density at radius 2 is 2.14 bits per heavy atom. The third-order valence-electron chi connectivity index (χ3n) is 3.33. The highest BCUT2D eigenvalue weighted by molar-refractivity contribution is 5.79. The normalized spacial score (nSPS) is 11.2. The van der Waals surface area contributed by atoms with Gasteiger partial charge in [0.25, 0.3) is 0 Å². The fraction of sp³-hybridized carbons (Fsp3) is 0.467. The van der Waals surface area contributed by atoms with Crippen LogP contribution in [0.2, 0.25) is 0 Å². The lowest BCUT2D eigenvalue weighted by atomic mass is 10.3. The van der Waals surface area contributed by atoms with Crippen LogP contribution < -0.4 is 5.73 Å². The second kappa shape index (κ2) is 6.58. The molecule has 21 heavy (non-hydrogen) atoms. The van der Waals surface area contributed by atoms with Gasteiger partial charge in [-0.25, -0.2) is 4.98 Å². The molecule has 3 N–H and O–H groups in total. The number of carbonyl (C=O) groups excluding carboxylic acids is 1. The number of amides is 1. The first-order chi connectivity index (χ1) is 9.99. The molecule has 1 heterocycles. The zero-order valence-electron chi connectivity index (χ0n) is 12.9. The second-order valence-electron chi connectivity index (χ2n) is 5.46. The third kappa shape index (κ3) is 3.95. The number of aromatic nitrogens is 2. The predicted molar refractivity (Wildman–Crippen MR) is 84.8 cm³/mol. The van der Waals surface area contributed by atoms with Gasteiger partial charge in [0, 0.05) is 19.8 Å². The van der Waals surface area contributed by atoms with Gasteiger partial charge >= 0.3 is 0 Å². The Balaban J connectivity index is 2.12. The quantitative estimate of drug-likeness (QED) is 0.789. The Bertz CT molecular complexity index is 620. The monoisotopic (exact) mass is 289 g/mol. The summed E-state index contributed by atoms with van der Waals surface area (Å²) < 4.78 is 0. The van der Waals surface area contributed by atoms with Crippen LogP contribution in [0.25, 0.3) is 11.0 Å². The molecule has 114 valence electrons. The van der Waals surface area contributed by atoms with Crippen LogP contribution >= 0.6 is 0 Å². The summed E-state index contributed by atoms with van der Waals surface area (Å²) in [4.78, 5) is 23.4. The molecule has 6 heteroatoms. The Labute approximate surface area is 124 Å². The van der Waals surface area contributed by atoms with Gasteiger partial charge in [0.05, 0.1) is 24.1 Å². The number of aromatic amines is 1. The second-order valence-corrected chi connectivity index (χ2v) is 5.46. The maximum atomic E-state index is 11.9. The largest absolute Gasteiger partial charge is 0.399 e. The van der Waals surface area contributed by atoms with Gasteiger partial charge in [-0.05, 0) is 31.2 Å². The number of hydrogen-bond donors (Lipinski definition) is 2. The maximum Gasteiger partial charge on any atom is 0.236 e. The van der Waals surface area contributed by atoms with Crippen molar-refractivity contribution in [3.8, 4) is 0 Å². The topological polar surface area (TPSA) is 78.2 Å². The number of nitrogen functional groups attached to an aromatic ring is 1. The fourth-order valence-electron chi connectivity index (χ4n) is 2.23. The van der Waals surface area contributed by atoms with Crippen molar-refractivity contribution < 1.29 is 4.79 Å². The van der Waals surface area contributed by atoms with E-state index in [0.717, 1.165) is 29.8 Å². The molecule has 0 aliphatic heterocycles. The molecule has 0 unspecified atom stereocenters. The van der Waals surface area contributed by atoms with Crippen molar-refractivity contribution in [3.63, 3.8) is 0 Å². The average Bonchev–Trinajstić information content (AvgIpc) is 2.80. The number of benzene rings is 1. The lowest BCUT2D eigenvalue weighted by molar-refractivity contribution is -0.130. The lowest BCUT2D eigenvalue weighted by Gasteiger charge is -2.21. The van der Waals surface area contributed by atoms with Gasteiger partial charge in [0.2, 0.25) is 5.91 Å². The molecule has 0 saturated heterocycles. The number of H-pyrrole nitrogens is 1. The first-order valence-corrected chi connectivity index (χ1v) is 7.16. The van der Waals surface area contributed by atoms with Crippen LogP contribution in [0.1, 0.15) is 19.2 Å². The van der Waals surface area contributed by atoms with Crippen LogP contribution in [0.3, 0.4) is 0 Å². The fourth-order valence-corrected chi connectivity index (χ4v) is 2.23. The van der Waals surface area contributed by atoms with E-state index in [1.165, 1.54) is 0 Å². The number of nitrogens with one attached hydrogen (secondary N) is 1. The molecule has 0 bridgehead atoms. The Morgan fingerprint density at radius 1 is 1.38 bits per heavy atom. The third-order valence-corrected chi connectivity index (χ3v) is 3.33. The van der Waals surface area contributed by atoms with Gasteiger partial charge in [-0.1, -0.05) is 6.92 Å². The molecule has 0 atom stereocenters. The van der Waals surface area contributed by atoms with E-state index in [-0.39, 0.29) is 5.91 Å². The van der Waals surface area contributed by atoms with Crippen LogP contribution in [0, 0.1) is 0 Å². The van der Waals surface area contributed by atoms with Crippen molar-refractivity contribution in [2.45, 2.75) is 19.9 Å². The van der Waals surface area contributed by atoms with E-state index >= 15 is 0 Å². The molecule has 1 amide bonds. The van der Waals surface area contributed by atoms with E-state index in [4.69, 9.17) is 5.73 Å². The summed E-state index contributed by atoms with van der Waals surface area (Å²) in [6.45, 7) is 3.99. The van der Waals surface area contributed by atoms with Crippen molar-refractivity contribution in [2.24, 2.45) is 0 Å². The molecule has 0 spiro atoms. The highest BCUT2D eigenvalue weighted by Crippen LogP contribution is 2.15. The number of imidazole rings is 1. The highest BCUT2D eigenvalue weighted by Gasteiger charge is 2.14. The van der Waals surface area contributed by atoms with Gasteiger partial charge in [0.1, 0.15) is 5.82 Å². The zero-order chi connectivity index (χ0) is 15.4.